The molecule has 1 atom stereocenters. The summed E-state index contributed by atoms with van der Waals surface area (Å²) in [6, 6.07) is 4.52. The number of carbonyl (C=O) groups excluding carboxylic acids is 1. The second kappa shape index (κ2) is 8.51. The summed E-state index contributed by atoms with van der Waals surface area (Å²) in [5.41, 5.74) is 0. The molecule has 118 valence electrons. The molecule has 1 aliphatic rings. The molecule has 0 bridgehead atoms. The highest BCUT2D eigenvalue weighted by Crippen LogP contribution is 2.13. The van der Waals surface area contributed by atoms with Crippen LogP contribution in [0.25, 0.3) is 0 Å². The summed E-state index contributed by atoms with van der Waals surface area (Å²) in [5.74, 6) is 0.683. The lowest BCUT2D eigenvalue weighted by atomic mass is 10.0. The number of nitrogens with one attached hydrogen (secondary N) is 1. The third-order valence-electron chi connectivity index (χ3n) is 3.97. The molecule has 21 heavy (non-hydrogen) atoms. The van der Waals surface area contributed by atoms with Crippen LogP contribution in [0.1, 0.15) is 25.1 Å². The maximum absolute atomic E-state index is 12.0. The smallest absolute Gasteiger partial charge is 0.220 e. The Kier molecular flexibility index (Phi) is 6.67. The number of hydrogen-bond donors (Lipinski definition) is 1. The molecule has 2 heterocycles. The van der Waals surface area contributed by atoms with Crippen molar-refractivity contribution >= 4 is 17.2 Å². The van der Waals surface area contributed by atoms with Gasteiger partial charge in [-0.15, -0.1) is 11.3 Å². The van der Waals surface area contributed by atoms with Gasteiger partial charge in [0.25, 0.3) is 0 Å². The van der Waals surface area contributed by atoms with Gasteiger partial charge >= 0.3 is 0 Å². The maximum atomic E-state index is 12.0. The van der Waals surface area contributed by atoms with Crippen LogP contribution in [0.4, 0.5) is 0 Å². The van der Waals surface area contributed by atoms with Gasteiger partial charge in [0, 0.05) is 37.0 Å². The zero-order chi connectivity index (χ0) is 15.1. The summed E-state index contributed by atoms with van der Waals surface area (Å²) in [6.45, 7) is 8.71. The van der Waals surface area contributed by atoms with Crippen LogP contribution in [0.2, 0.25) is 0 Å². The Morgan fingerprint density at radius 2 is 2.19 bits per heavy atom. The lowest BCUT2D eigenvalue weighted by molar-refractivity contribution is -0.121. The summed E-state index contributed by atoms with van der Waals surface area (Å²) in [5, 5.41) is 5.16. The molecule has 1 unspecified atom stereocenters. The van der Waals surface area contributed by atoms with Crippen molar-refractivity contribution in [3.8, 4) is 0 Å². The third kappa shape index (κ3) is 5.41. The number of rotatable bonds is 7. The first-order chi connectivity index (χ1) is 10.2. The number of morpholine rings is 1. The fourth-order valence-corrected chi connectivity index (χ4v) is 3.40. The molecular formula is C16H26N2O2S. The van der Waals surface area contributed by atoms with E-state index in [0.717, 1.165) is 39.3 Å². The van der Waals surface area contributed by atoms with E-state index in [9.17, 15) is 4.79 Å². The van der Waals surface area contributed by atoms with Gasteiger partial charge < -0.3 is 10.1 Å². The van der Waals surface area contributed by atoms with Gasteiger partial charge in [-0.1, -0.05) is 19.9 Å². The Balaban J connectivity index is 1.74. The minimum atomic E-state index is 0.155. The molecule has 1 amide bonds. The Labute approximate surface area is 131 Å². The van der Waals surface area contributed by atoms with E-state index in [1.165, 1.54) is 4.88 Å². The molecule has 1 aromatic rings. The van der Waals surface area contributed by atoms with Gasteiger partial charge in [0.05, 0.1) is 13.2 Å². The highest BCUT2D eigenvalue weighted by Gasteiger charge is 2.24. The Bertz CT molecular complexity index is 414. The Morgan fingerprint density at radius 3 is 2.81 bits per heavy atom. The molecule has 1 fully saturated rings. The molecular weight excluding hydrogens is 284 g/mol. The summed E-state index contributed by atoms with van der Waals surface area (Å²) in [4.78, 5) is 15.7. The molecule has 0 radical (unpaired) electrons. The molecule has 0 spiro atoms. The first-order valence-electron chi connectivity index (χ1n) is 7.77. The monoisotopic (exact) mass is 310 g/mol. The zero-order valence-electron chi connectivity index (χ0n) is 13.0. The number of aryl methyl sites for hydroxylation is 1. The van der Waals surface area contributed by atoms with Crippen molar-refractivity contribution in [1.29, 1.82) is 0 Å². The van der Waals surface area contributed by atoms with E-state index in [0.29, 0.717) is 18.4 Å². The van der Waals surface area contributed by atoms with Gasteiger partial charge in [-0.05, 0) is 23.8 Å². The predicted molar refractivity (Wildman–Crippen MR) is 86.7 cm³/mol. The van der Waals surface area contributed by atoms with Crippen molar-refractivity contribution in [3.63, 3.8) is 0 Å². The van der Waals surface area contributed by atoms with Gasteiger partial charge in [-0.25, -0.2) is 0 Å². The topological polar surface area (TPSA) is 41.6 Å². The van der Waals surface area contributed by atoms with Gasteiger partial charge in [-0.3, -0.25) is 9.69 Å². The summed E-state index contributed by atoms with van der Waals surface area (Å²) in [7, 11) is 0. The average molecular weight is 310 g/mol. The normalized spacial score (nSPS) is 17.9. The van der Waals surface area contributed by atoms with Crippen molar-refractivity contribution in [2.24, 2.45) is 5.92 Å². The molecule has 5 heteroatoms. The predicted octanol–water partition coefficient (Wildman–Crippen LogP) is 2.15. The van der Waals surface area contributed by atoms with Crippen molar-refractivity contribution in [3.05, 3.63) is 22.4 Å². The number of thiophene rings is 1. The fourth-order valence-electron chi connectivity index (χ4n) is 2.69. The molecule has 1 aliphatic heterocycles. The number of nitrogens with zero attached hydrogens (tertiary/aromatic N) is 1. The molecule has 1 aromatic heterocycles. The van der Waals surface area contributed by atoms with E-state index in [2.05, 4.69) is 35.5 Å². The number of ether oxygens (including phenoxy) is 1. The number of carbonyl (C=O) groups is 1. The third-order valence-corrected chi connectivity index (χ3v) is 4.91. The number of hydrogen-bond acceptors (Lipinski definition) is 4. The lowest BCUT2D eigenvalue weighted by Crippen LogP contribution is -2.51. The molecule has 0 aliphatic carbocycles. The van der Waals surface area contributed by atoms with Crippen LogP contribution in [0.5, 0.6) is 0 Å². The molecule has 0 saturated carbocycles. The van der Waals surface area contributed by atoms with Crippen LogP contribution in [-0.2, 0) is 16.0 Å². The van der Waals surface area contributed by atoms with Crippen molar-refractivity contribution < 1.29 is 9.53 Å². The average Bonchev–Trinajstić information content (AvgIpc) is 2.99. The Morgan fingerprint density at radius 1 is 1.43 bits per heavy atom. The van der Waals surface area contributed by atoms with Gasteiger partial charge in [0.1, 0.15) is 0 Å². The minimum Gasteiger partial charge on any atom is -0.379 e. The molecule has 0 aromatic carbocycles. The van der Waals surface area contributed by atoms with Gasteiger partial charge in [0.15, 0.2) is 0 Å². The minimum absolute atomic E-state index is 0.155. The van der Waals surface area contributed by atoms with Crippen molar-refractivity contribution in [2.45, 2.75) is 32.7 Å². The van der Waals surface area contributed by atoms with E-state index < -0.39 is 0 Å². The van der Waals surface area contributed by atoms with Crippen LogP contribution in [-0.4, -0.2) is 49.7 Å². The van der Waals surface area contributed by atoms with Crippen LogP contribution in [0.15, 0.2) is 17.5 Å². The maximum Gasteiger partial charge on any atom is 0.220 e. The number of amides is 1. The van der Waals surface area contributed by atoms with E-state index >= 15 is 0 Å². The van der Waals surface area contributed by atoms with E-state index in [1.807, 2.05) is 6.07 Å². The van der Waals surface area contributed by atoms with Crippen LogP contribution < -0.4 is 5.32 Å². The highest BCUT2D eigenvalue weighted by molar-refractivity contribution is 7.09. The summed E-state index contributed by atoms with van der Waals surface area (Å²) >= 11 is 1.71. The summed E-state index contributed by atoms with van der Waals surface area (Å²) in [6.07, 6.45) is 1.42. The highest BCUT2D eigenvalue weighted by atomic mass is 32.1. The van der Waals surface area contributed by atoms with Crippen LogP contribution in [0, 0.1) is 5.92 Å². The zero-order valence-corrected chi connectivity index (χ0v) is 13.8. The fraction of sp³-hybridized carbons (Fsp3) is 0.688. The van der Waals surface area contributed by atoms with E-state index in [4.69, 9.17) is 4.74 Å². The first kappa shape index (κ1) is 16.5. The van der Waals surface area contributed by atoms with E-state index in [-0.39, 0.29) is 5.91 Å². The van der Waals surface area contributed by atoms with Crippen molar-refractivity contribution in [2.75, 3.05) is 32.8 Å². The summed E-state index contributed by atoms with van der Waals surface area (Å²) < 4.78 is 5.41. The molecule has 4 nitrogen and oxygen atoms in total. The van der Waals surface area contributed by atoms with Crippen LogP contribution in [0.3, 0.4) is 0 Å². The SMILES string of the molecule is CC(C)C(CNC(=O)CCc1cccs1)N1CCOCC1. The quantitative estimate of drug-likeness (QED) is 0.839. The van der Waals surface area contributed by atoms with Crippen LogP contribution >= 0.6 is 11.3 Å². The second-order valence-corrected chi connectivity index (χ2v) is 6.88. The Hall–Kier alpha value is -0.910. The van der Waals surface area contributed by atoms with Crippen molar-refractivity contribution in [1.82, 2.24) is 10.2 Å². The molecule has 1 N–H and O–H groups in total. The molecule has 1 saturated heterocycles. The lowest BCUT2D eigenvalue weighted by Gasteiger charge is -2.36. The first-order valence-corrected chi connectivity index (χ1v) is 8.65. The van der Waals surface area contributed by atoms with Gasteiger partial charge in [-0.2, -0.15) is 0 Å². The second-order valence-electron chi connectivity index (χ2n) is 5.84. The molecule has 2 rings (SSSR count). The standard InChI is InChI=1S/C16H26N2O2S/c1-13(2)15(18-7-9-20-10-8-18)12-17-16(19)6-5-14-4-3-11-21-14/h3-4,11,13,15H,5-10,12H2,1-2H3,(H,17,19). The largest absolute Gasteiger partial charge is 0.379 e. The van der Waals surface area contributed by atoms with Gasteiger partial charge in [0.2, 0.25) is 5.91 Å². The van der Waals surface area contributed by atoms with E-state index in [1.54, 1.807) is 11.3 Å².